The number of hydrogen-bond acceptors (Lipinski definition) is 3. The zero-order valence-electron chi connectivity index (χ0n) is 9.86. The van der Waals surface area contributed by atoms with Crippen LogP contribution < -0.4 is 0 Å². The van der Waals surface area contributed by atoms with Crippen LogP contribution in [0.15, 0.2) is 29.2 Å². The Hall–Kier alpha value is -0.390. The van der Waals surface area contributed by atoms with E-state index < -0.39 is 10.1 Å². The van der Waals surface area contributed by atoms with Gasteiger partial charge in [0.15, 0.2) is 0 Å². The van der Waals surface area contributed by atoms with Gasteiger partial charge < -0.3 is 0 Å². The number of aryl methyl sites for hydroxylation is 1. The van der Waals surface area contributed by atoms with Crippen LogP contribution in [-0.4, -0.2) is 20.4 Å². The number of benzene rings is 1. The summed E-state index contributed by atoms with van der Waals surface area (Å²) in [5.41, 5.74) is 1.03. The van der Waals surface area contributed by atoms with E-state index in [2.05, 4.69) is 15.9 Å². The minimum atomic E-state index is -3.58. The van der Waals surface area contributed by atoms with E-state index in [1.54, 1.807) is 24.3 Å². The molecule has 17 heavy (non-hydrogen) atoms. The van der Waals surface area contributed by atoms with Crippen LogP contribution in [0.3, 0.4) is 0 Å². The fourth-order valence-corrected chi connectivity index (χ4v) is 2.65. The monoisotopic (exact) mass is 320 g/mol. The van der Waals surface area contributed by atoms with Crippen molar-refractivity contribution in [3.63, 3.8) is 0 Å². The Morgan fingerprint density at radius 3 is 2.35 bits per heavy atom. The molecule has 0 spiro atoms. The molecule has 0 atom stereocenters. The molecule has 0 N–H and O–H groups in total. The van der Waals surface area contributed by atoms with Crippen LogP contribution in [0.25, 0.3) is 0 Å². The summed E-state index contributed by atoms with van der Waals surface area (Å²) in [5, 5.41) is 0.942. The molecule has 1 rings (SSSR count). The van der Waals surface area contributed by atoms with Crippen LogP contribution in [0.4, 0.5) is 0 Å². The van der Waals surface area contributed by atoms with Crippen molar-refractivity contribution in [3.05, 3.63) is 29.8 Å². The predicted molar refractivity (Wildman–Crippen MR) is 72.0 cm³/mol. The van der Waals surface area contributed by atoms with Gasteiger partial charge in [-0.05, 0) is 31.9 Å². The Bertz CT molecular complexity index is 426. The van der Waals surface area contributed by atoms with Gasteiger partial charge in [0.1, 0.15) is 0 Å². The lowest BCUT2D eigenvalue weighted by molar-refractivity contribution is 0.308. The molecule has 0 saturated heterocycles. The maximum Gasteiger partial charge on any atom is 0.296 e. The first-order chi connectivity index (χ1) is 8.06. The largest absolute Gasteiger partial charge is 0.296 e. The Morgan fingerprint density at radius 1 is 1.12 bits per heavy atom. The van der Waals surface area contributed by atoms with Crippen LogP contribution in [0.2, 0.25) is 0 Å². The quantitative estimate of drug-likeness (QED) is 0.440. The molecule has 0 aromatic heterocycles. The average Bonchev–Trinajstić information content (AvgIpc) is 2.29. The zero-order valence-corrected chi connectivity index (χ0v) is 12.3. The number of rotatable bonds is 7. The van der Waals surface area contributed by atoms with Crippen molar-refractivity contribution in [2.24, 2.45) is 0 Å². The molecular weight excluding hydrogens is 304 g/mol. The van der Waals surface area contributed by atoms with Crippen molar-refractivity contribution in [1.82, 2.24) is 0 Å². The second-order valence-corrected chi connectivity index (χ2v) is 6.25. The van der Waals surface area contributed by atoms with E-state index in [4.69, 9.17) is 4.18 Å². The third-order valence-corrected chi connectivity index (χ3v) is 4.21. The minimum Gasteiger partial charge on any atom is -0.266 e. The SMILES string of the molecule is Cc1ccc(S(=O)(=O)OCCCCCBr)cc1. The molecule has 0 radical (unpaired) electrons. The number of alkyl halides is 1. The standard InChI is InChI=1S/C12H17BrO3S/c1-11-5-7-12(8-6-11)17(14,15)16-10-4-2-3-9-13/h5-8H,2-4,9-10H2,1H3. The third kappa shape index (κ3) is 5.19. The molecule has 0 saturated carbocycles. The maximum absolute atomic E-state index is 11.7. The molecule has 96 valence electrons. The average molecular weight is 321 g/mol. The first-order valence-corrected chi connectivity index (χ1v) is 8.11. The summed E-state index contributed by atoms with van der Waals surface area (Å²) in [4.78, 5) is 0.226. The van der Waals surface area contributed by atoms with Gasteiger partial charge in [0.2, 0.25) is 0 Å². The molecule has 0 heterocycles. The van der Waals surface area contributed by atoms with E-state index in [0.717, 1.165) is 30.2 Å². The fraction of sp³-hybridized carbons (Fsp3) is 0.500. The van der Waals surface area contributed by atoms with Crippen LogP contribution in [0.5, 0.6) is 0 Å². The van der Waals surface area contributed by atoms with Gasteiger partial charge in [-0.3, -0.25) is 4.18 Å². The van der Waals surface area contributed by atoms with E-state index in [0.29, 0.717) is 0 Å². The molecule has 1 aromatic rings. The van der Waals surface area contributed by atoms with E-state index in [-0.39, 0.29) is 11.5 Å². The Kier molecular flexibility index (Phi) is 6.16. The summed E-state index contributed by atoms with van der Waals surface area (Å²) < 4.78 is 28.4. The van der Waals surface area contributed by atoms with Crippen molar-refractivity contribution < 1.29 is 12.6 Å². The van der Waals surface area contributed by atoms with Gasteiger partial charge in [-0.1, -0.05) is 40.0 Å². The maximum atomic E-state index is 11.7. The van der Waals surface area contributed by atoms with Gasteiger partial charge in [-0.25, -0.2) is 0 Å². The Balaban J connectivity index is 2.48. The van der Waals surface area contributed by atoms with Crippen molar-refractivity contribution in [2.45, 2.75) is 31.1 Å². The lowest BCUT2D eigenvalue weighted by Crippen LogP contribution is -2.07. The number of halogens is 1. The van der Waals surface area contributed by atoms with Gasteiger partial charge in [-0.2, -0.15) is 8.42 Å². The summed E-state index contributed by atoms with van der Waals surface area (Å²) in [5.74, 6) is 0. The predicted octanol–water partition coefficient (Wildman–Crippen LogP) is 3.27. The van der Waals surface area contributed by atoms with Crippen LogP contribution in [-0.2, 0) is 14.3 Å². The lowest BCUT2D eigenvalue weighted by atomic mass is 10.2. The van der Waals surface area contributed by atoms with Crippen LogP contribution >= 0.6 is 15.9 Å². The second kappa shape index (κ2) is 7.13. The van der Waals surface area contributed by atoms with E-state index >= 15 is 0 Å². The highest BCUT2D eigenvalue weighted by Gasteiger charge is 2.13. The molecule has 0 bridgehead atoms. The molecule has 0 amide bonds. The third-order valence-electron chi connectivity index (χ3n) is 2.33. The van der Waals surface area contributed by atoms with E-state index in [9.17, 15) is 8.42 Å². The highest BCUT2D eigenvalue weighted by Crippen LogP contribution is 2.13. The van der Waals surface area contributed by atoms with Gasteiger partial charge in [0.25, 0.3) is 10.1 Å². The highest BCUT2D eigenvalue weighted by molar-refractivity contribution is 9.09. The molecule has 1 aromatic carbocycles. The smallest absolute Gasteiger partial charge is 0.266 e. The molecule has 3 nitrogen and oxygen atoms in total. The topological polar surface area (TPSA) is 43.4 Å². The molecular formula is C12H17BrO3S. The Labute approximate surface area is 111 Å². The molecule has 0 aliphatic heterocycles. The summed E-state index contributed by atoms with van der Waals surface area (Å²) in [6.07, 6.45) is 2.76. The first-order valence-electron chi connectivity index (χ1n) is 5.58. The van der Waals surface area contributed by atoms with Gasteiger partial charge in [-0.15, -0.1) is 0 Å². The molecule has 5 heteroatoms. The van der Waals surface area contributed by atoms with Crippen molar-refractivity contribution in [3.8, 4) is 0 Å². The van der Waals surface area contributed by atoms with Crippen LogP contribution in [0.1, 0.15) is 24.8 Å². The summed E-state index contributed by atoms with van der Waals surface area (Å²) in [6.45, 7) is 2.17. The highest BCUT2D eigenvalue weighted by atomic mass is 79.9. The Morgan fingerprint density at radius 2 is 1.76 bits per heavy atom. The van der Waals surface area contributed by atoms with Gasteiger partial charge in [0, 0.05) is 5.33 Å². The zero-order chi connectivity index (χ0) is 12.7. The fourth-order valence-electron chi connectivity index (χ4n) is 1.31. The van der Waals surface area contributed by atoms with E-state index in [1.807, 2.05) is 6.92 Å². The number of hydrogen-bond donors (Lipinski definition) is 0. The molecule has 0 unspecified atom stereocenters. The molecule has 0 aliphatic rings. The van der Waals surface area contributed by atoms with Crippen molar-refractivity contribution in [2.75, 3.05) is 11.9 Å². The van der Waals surface area contributed by atoms with Gasteiger partial charge in [0.05, 0.1) is 11.5 Å². The summed E-state index contributed by atoms with van der Waals surface area (Å²) in [6, 6.07) is 6.68. The summed E-state index contributed by atoms with van der Waals surface area (Å²) in [7, 11) is -3.58. The lowest BCUT2D eigenvalue weighted by Gasteiger charge is -2.05. The first kappa shape index (κ1) is 14.7. The molecule has 0 fully saturated rings. The molecule has 0 aliphatic carbocycles. The van der Waals surface area contributed by atoms with Crippen molar-refractivity contribution >= 4 is 26.0 Å². The van der Waals surface area contributed by atoms with Crippen LogP contribution in [0, 0.1) is 6.92 Å². The van der Waals surface area contributed by atoms with Crippen molar-refractivity contribution in [1.29, 1.82) is 0 Å². The minimum absolute atomic E-state index is 0.226. The number of unbranched alkanes of at least 4 members (excludes halogenated alkanes) is 2. The summed E-state index contributed by atoms with van der Waals surface area (Å²) >= 11 is 3.33. The normalized spacial score (nSPS) is 11.6. The van der Waals surface area contributed by atoms with E-state index in [1.165, 1.54) is 0 Å². The second-order valence-electron chi connectivity index (χ2n) is 3.84. The van der Waals surface area contributed by atoms with Gasteiger partial charge >= 0.3 is 0 Å².